The predicted molar refractivity (Wildman–Crippen MR) is 73.2 cm³/mol. The molecule has 17 heavy (non-hydrogen) atoms. The van der Waals surface area contributed by atoms with Crippen molar-refractivity contribution in [2.24, 2.45) is 0 Å². The molecule has 88 valence electrons. The van der Waals surface area contributed by atoms with E-state index in [1.54, 1.807) is 11.3 Å². The van der Waals surface area contributed by atoms with E-state index in [-0.39, 0.29) is 0 Å². The van der Waals surface area contributed by atoms with Gasteiger partial charge in [0.1, 0.15) is 0 Å². The Morgan fingerprint density at radius 3 is 2.88 bits per heavy atom. The van der Waals surface area contributed by atoms with Gasteiger partial charge in [0.2, 0.25) is 0 Å². The van der Waals surface area contributed by atoms with Gasteiger partial charge in [-0.15, -0.1) is 11.3 Å². The second-order valence-electron chi connectivity index (χ2n) is 4.13. The number of aromatic nitrogens is 1. The first-order valence-electron chi connectivity index (χ1n) is 5.35. The highest BCUT2D eigenvalue weighted by Crippen LogP contribution is 2.43. The topological polar surface area (TPSA) is 38.9 Å². The molecule has 0 spiro atoms. The molecular weight excluding hydrogens is 275 g/mol. The molecule has 1 heterocycles. The summed E-state index contributed by atoms with van der Waals surface area (Å²) in [6.07, 6.45) is 2.07. The molecule has 0 fully saturated rings. The molecule has 2 aromatic rings. The van der Waals surface area contributed by atoms with Crippen molar-refractivity contribution >= 4 is 39.7 Å². The van der Waals surface area contributed by atoms with Gasteiger partial charge in [-0.05, 0) is 30.5 Å². The maximum absolute atomic E-state index is 6.06. The minimum Gasteiger partial charge on any atom is -0.375 e. The summed E-state index contributed by atoms with van der Waals surface area (Å²) in [5.41, 5.74) is 8.08. The van der Waals surface area contributed by atoms with Crippen LogP contribution in [0.4, 0.5) is 5.13 Å². The number of nitrogen functional groups attached to an aromatic ring is 1. The third-order valence-corrected chi connectivity index (χ3v) is 4.86. The molecule has 1 atom stereocenters. The highest BCUT2D eigenvalue weighted by molar-refractivity contribution is 7.15. The SMILES string of the molecule is Nc1nc2c(s1)C(c1ccc(Cl)c(Cl)c1)CC2. The van der Waals surface area contributed by atoms with Gasteiger partial charge in [0.15, 0.2) is 5.13 Å². The Hall–Kier alpha value is -0.770. The molecule has 1 aliphatic carbocycles. The molecule has 0 saturated heterocycles. The Morgan fingerprint density at radius 2 is 2.12 bits per heavy atom. The highest BCUT2D eigenvalue weighted by Gasteiger charge is 2.28. The summed E-state index contributed by atoms with van der Waals surface area (Å²) in [5, 5.41) is 1.85. The van der Waals surface area contributed by atoms with Crippen LogP contribution in [0.25, 0.3) is 0 Å². The van der Waals surface area contributed by atoms with E-state index in [1.807, 2.05) is 18.2 Å². The molecule has 5 heteroatoms. The summed E-state index contributed by atoms with van der Waals surface area (Å²) in [4.78, 5) is 5.62. The number of halogens is 2. The first-order valence-corrected chi connectivity index (χ1v) is 6.92. The van der Waals surface area contributed by atoms with Gasteiger partial charge in [0.25, 0.3) is 0 Å². The van der Waals surface area contributed by atoms with Crippen LogP contribution in [0.3, 0.4) is 0 Å². The van der Waals surface area contributed by atoms with Gasteiger partial charge < -0.3 is 5.73 Å². The van der Waals surface area contributed by atoms with Crippen molar-refractivity contribution in [1.29, 1.82) is 0 Å². The lowest BCUT2D eigenvalue weighted by atomic mass is 9.98. The van der Waals surface area contributed by atoms with Crippen molar-refractivity contribution in [3.63, 3.8) is 0 Å². The third-order valence-electron chi connectivity index (χ3n) is 3.08. The van der Waals surface area contributed by atoms with Crippen LogP contribution in [-0.2, 0) is 6.42 Å². The molecule has 0 radical (unpaired) electrons. The van der Waals surface area contributed by atoms with E-state index in [0.717, 1.165) is 18.5 Å². The average molecular weight is 285 g/mol. The van der Waals surface area contributed by atoms with Crippen molar-refractivity contribution in [3.8, 4) is 0 Å². The summed E-state index contributed by atoms with van der Waals surface area (Å²) in [7, 11) is 0. The molecule has 2 nitrogen and oxygen atoms in total. The van der Waals surface area contributed by atoms with E-state index in [4.69, 9.17) is 28.9 Å². The van der Waals surface area contributed by atoms with Gasteiger partial charge in [-0.2, -0.15) is 0 Å². The van der Waals surface area contributed by atoms with Crippen LogP contribution in [0.2, 0.25) is 10.0 Å². The summed E-state index contributed by atoms with van der Waals surface area (Å²) < 4.78 is 0. The zero-order chi connectivity index (χ0) is 12.0. The zero-order valence-electron chi connectivity index (χ0n) is 8.91. The van der Waals surface area contributed by atoms with Crippen molar-refractivity contribution in [2.75, 3.05) is 5.73 Å². The van der Waals surface area contributed by atoms with Crippen LogP contribution in [0.5, 0.6) is 0 Å². The lowest BCUT2D eigenvalue weighted by Crippen LogP contribution is -1.94. The van der Waals surface area contributed by atoms with Gasteiger partial charge in [-0.25, -0.2) is 4.98 Å². The molecule has 0 aliphatic heterocycles. The lowest BCUT2D eigenvalue weighted by molar-refractivity contribution is 0.791. The van der Waals surface area contributed by atoms with Gasteiger partial charge in [0, 0.05) is 10.8 Å². The zero-order valence-corrected chi connectivity index (χ0v) is 11.2. The maximum atomic E-state index is 6.06. The minimum absolute atomic E-state index is 0.370. The second kappa shape index (κ2) is 4.16. The quantitative estimate of drug-likeness (QED) is 0.856. The molecule has 0 bridgehead atoms. The monoisotopic (exact) mass is 284 g/mol. The number of anilines is 1. The van der Waals surface area contributed by atoms with E-state index in [1.165, 1.54) is 10.4 Å². The lowest BCUT2D eigenvalue weighted by Gasteiger charge is -2.10. The van der Waals surface area contributed by atoms with Crippen molar-refractivity contribution in [2.45, 2.75) is 18.8 Å². The summed E-state index contributed by atoms with van der Waals surface area (Å²) >= 11 is 13.6. The van der Waals surface area contributed by atoms with E-state index in [2.05, 4.69) is 4.98 Å². The van der Waals surface area contributed by atoms with Crippen LogP contribution in [0.1, 0.15) is 28.5 Å². The average Bonchev–Trinajstić information content (AvgIpc) is 2.81. The van der Waals surface area contributed by atoms with Crippen LogP contribution in [-0.4, -0.2) is 4.98 Å². The van der Waals surface area contributed by atoms with E-state index < -0.39 is 0 Å². The van der Waals surface area contributed by atoms with Crippen LogP contribution < -0.4 is 5.73 Å². The molecular formula is C12H10Cl2N2S. The van der Waals surface area contributed by atoms with Crippen molar-refractivity contribution in [1.82, 2.24) is 4.98 Å². The Bertz CT molecular complexity index is 580. The number of nitrogens with zero attached hydrogens (tertiary/aromatic N) is 1. The van der Waals surface area contributed by atoms with Crippen LogP contribution in [0, 0.1) is 0 Å². The second-order valence-corrected chi connectivity index (χ2v) is 6.00. The molecule has 0 saturated carbocycles. The standard InChI is InChI=1S/C12H10Cl2N2S/c13-8-3-1-6(5-9(8)14)7-2-4-10-11(7)17-12(15)16-10/h1,3,5,7H,2,4H2,(H2,15,16). The fourth-order valence-electron chi connectivity index (χ4n) is 2.29. The fourth-order valence-corrected chi connectivity index (χ4v) is 3.64. The van der Waals surface area contributed by atoms with Gasteiger partial charge >= 0.3 is 0 Å². The number of fused-ring (bicyclic) bond motifs is 1. The van der Waals surface area contributed by atoms with Crippen LogP contribution >= 0.6 is 34.5 Å². The minimum atomic E-state index is 0.370. The fraction of sp³-hybridized carbons (Fsp3) is 0.250. The van der Waals surface area contributed by atoms with E-state index >= 15 is 0 Å². The van der Waals surface area contributed by atoms with Crippen molar-refractivity contribution in [3.05, 3.63) is 44.4 Å². The Kier molecular flexibility index (Phi) is 2.77. The first kappa shape index (κ1) is 11.3. The largest absolute Gasteiger partial charge is 0.375 e. The number of hydrogen-bond acceptors (Lipinski definition) is 3. The van der Waals surface area contributed by atoms with E-state index in [0.29, 0.717) is 21.1 Å². The summed E-state index contributed by atoms with van der Waals surface area (Å²) in [5.74, 6) is 0.370. The summed E-state index contributed by atoms with van der Waals surface area (Å²) in [6.45, 7) is 0. The highest BCUT2D eigenvalue weighted by atomic mass is 35.5. The molecule has 1 aromatic carbocycles. The van der Waals surface area contributed by atoms with E-state index in [9.17, 15) is 0 Å². The first-order chi connectivity index (χ1) is 8.15. The number of nitrogens with two attached hydrogens (primary N) is 1. The molecule has 1 unspecified atom stereocenters. The van der Waals surface area contributed by atoms with Gasteiger partial charge in [-0.3, -0.25) is 0 Å². The number of benzene rings is 1. The maximum Gasteiger partial charge on any atom is 0.180 e. The molecule has 1 aliphatic rings. The Balaban J connectivity index is 2.03. The smallest absolute Gasteiger partial charge is 0.180 e. The molecule has 2 N–H and O–H groups in total. The number of aryl methyl sites for hydroxylation is 1. The third kappa shape index (κ3) is 1.92. The Labute approximate surface area is 113 Å². The molecule has 3 rings (SSSR count). The predicted octanol–water partition coefficient (Wildman–Crippen LogP) is 4.11. The normalized spacial score (nSPS) is 18.4. The molecule has 0 amide bonds. The van der Waals surface area contributed by atoms with Gasteiger partial charge in [-0.1, -0.05) is 29.3 Å². The number of hydrogen-bond donors (Lipinski definition) is 1. The van der Waals surface area contributed by atoms with Crippen molar-refractivity contribution < 1.29 is 0 Å². The van der Waals surface area contributed by atoms with Crippen LogP contribution in [0.15, 0.2) is 18.2 Å². The van der Waals surface area contributed by atoms with Gasteiger partial charge in [0.05, 0.1) is 15.7 Å². The molecule has 1 aromatic heterocycles. The Morgan fingerprint density at radius 1 is 1.29 bits per heavy atom. The number of thiazole rings is 1. The summed E-state index contributed by atoms with van der Waals surface area (Å²) in [6, 6.07) is 5.82. The number of rotatable bonds is 1.